The number of hydrogen-bond acceptors (Lipinski definition) is 5. The van der Waals surface area contributed by atoms with Crippen LogP contribution in [0.15, 0.2) is 59.9 Å². The van der Waals surface area contributed by atoms with E-state index in [2.05, 4.69) is 9.97 Å². The summed E-state index contributed by atoms with van der Waals surface area (Å²) in [6.07, 6.45) is 6.65. The number of aromatic nitrogens is 4. The molecule has 1 atom stereocenters. The third kappa shape index (κ3) is 3.55. The van der Waals surface area contributed by atoms with Crippen molar-refractivity contribution < 1.29 is 14.3 Å². The second kappa shape index (κ2) is 8.13. The van der Waals surface area contributed by atoms with Crippen LogP contribution in [0.5, 0.6) is 0 Å². The van der Waals surface area contributed by atoms with Gasteiger partial charge in [0.05, 0.1) is 17.8 Å². The topological polar surface area (TPSA) is 104 Å². The summed E-state index contributed by atoms with van der Waals surface area (Å²) in [5.41, 5.74) is 3.41. The third-order valence-corrected chi connectivity index (χ3v) is 7.01. The van der Waals surface area contributed by atoms with Gasteiger partial charge in [-0.15, -0.1) is 0 Å². The first-order chi connectivity index (χ1) is 16.6. The van der Waals surface area contributed by atoms with Crippen molar-refractivity contribution in [2.24, 2.45) is 22.7 Å². The smallest absolute Gasteiger partial charge is 0.312 e. The number of aliphatic carboxylic acids is 1. The molecule has 1 aromatic carbocycles. The van der Waals surface area contributed by atoms with Crippen LogP contribution < -0.4 is 0 Å². The van der Waals surface area contributed by atoms with Gasteiger partial charge in [-0.1, -0.05) is 30.3 Å². The highest BCUT2D eigenvalue weighted by Crippen LogP contribution is 2.44. The zero-order chi connectivity index (χ0) is 23.2. The summed E-state index contributed by atoms with van der Waals surface area (Å²) in [6.45, 7) is 0. The van der Waals surface area contributed by atoms with Crippen molar-refractivity contribution in [3.63, 3.8) is 0 Å². The maximum Gasteiger partial charge on any atom is 0.312 e. The van der Waals surface area contributed by atoms with E-state index in [4.69, 9.17) is 15.0 Å². The Morgan fingerprint density at radius 1 is 1.09 bits per heavy atom. The molecule has 7 nitrogen and oxygen atoms in total. The van der Waals surface area contributed by atoms with Crippen LogP contribution in [0.2, 0.25) is 0 Å². The lowest BCUT2D eigenvalue weighted by Gasteiger charge is -2.41. The number of rotatable bonds is 4. The molecule has 8 heteroatoms. The Kier molecular flexibility index (Phi) is 4.94. The maximum absolute atomic E-state index is 14.0. The second-order valence-corrected chi connectivity index (χ2v) is 9.02. The van der Waals surface area contributed by atoms with Gasteiger partial charge in [-0.2, -0.15) is 0 Å². The summed E-state index contributed by atoms with van der Waals surface area (Å²) in [4.78, 5) is 33.5. The number of aromatic amines is 1. The first kappa shape index (κ1) is 20.7. The molecule has 2 N–H and O–H groups in total. The van der Waals surface area contributed by atoms with Crippen LogP contribution in [-0.4, -0.2) is 36.7 Å². The van der Waals surface area contributed by atoms with Crippen molar-refractivity contribution in [2.75, 3.05) is 0 Å². The van der Waals surface area contributed by atoms with Gasteiger partial charge in [0.15, 0.2) is 11.6 Å². The molecule has 0 amide bonds. The molecule has 7 rings (SSSR count). The number of carbonyl (C=O) groups is 1. The molecule has 2 bridgehead atoms. The molecule has 3 aliphatic rings. The van der Waals surface area contributed by atoms with E-state index in [1.807, 2.05) is 30.3 Å². The van der Waals surface area contributed by atoms with Crippen LogP contribution in [0.3, 0.4) is 0 Å². The number of carboxylic acid groups (broad SMARTS) is 1. The normalized spacial score (nSPS) is 23.0. The molecule has 3 heterocycles. The highest BCUT2D eigenvalue weighted by molar-refractivity contribution is 6.05. The second-order valence-electron chi connectivity index (χ2n) is 9.02. The third-order valence-electron chi connectivity index (χ3n) is 7.01. The average Bonchev–Trinajstić information content (AvgIpc) is 3.28. The van der Waals surface area contributed by atoms with Crippen LogP contribution in [0, 0.1) is 23.6 Å². The fourth-order valence-corrected chi connectivity index (χ4v) is 5.40. The summed E-state index contributed by atoms with van der Waals surface area (Å²) in [7, 11) is 0. The number of carboxylic acids is 1. The number of benzene rings is 1. The fourth-order valence-electron chi connectivity index (χ4n) is 5.40. The first-order valence-corrected chi connectivity index (χ1v) is 11.5. The lowest BCUT2D eigenvalue weighted by molar-refractivity contribution is -0.142. The minimum atomic E-state index is -0.816. The Bertz CT molecular complexity index is 1420. The van der Waals surface area contributed by atoms with Gasteiger partial charge in [-0.05, 0) is 43.6 Å². The molecule has 3 fully saturated rings. The molecule has 0 spiro atoms. The van der Waals surface area contributed by atoms with E-state index < -0.39 is 17.7 Å². The molecule has 4 aromatic rings. The van der Waals surface area contributed by atoms with Crippen LogP contribution >= 0.6 is 0 Å². The molecular weight excluding hydrogens is 433 g/mol. The molecule has 0 saturated heterocycles. The summed E-state index contributed by atoms with van der Waals surface area (Å²) < 4.78 is 14.0. The average molecular weight is 455 g/mol. The maximum atomic E-state index is 14.0. The summed E-state index contributed by atoms with van der Waals surface area (Å²) in [6, 6.07) is 12.9. The standard InChI is InChI=1S/C26H22FN5O2/c27-17-10-18-19(13-29-24(18)28-12-17)25-30-20(14-4-2-1-3-5-14)11-21(32-25)31-23-16-8-6-15(7-9-16)22(23)26(33)34/h1-5,10-13,15-16,22H,6-9H2,(H,28,29)(H,33,34)/t15?,16?,22-/m0/s1. The van der Waals surface area contributed by atoms with Crippen molar-refractivity contribution in [1.82, 2.24) is 19.9 Å². The van der Waals surface area contributed by atoms with Crippen LogP contribution in [-0.2, 0) is 4.79 Å². The summed E-state index contributed by atoms with van der Waals surface area (Å²) in [5, 5.41) is 10.5. The fraction of sp³-hybridized carbons (Fsp3) is 0.269. The van der Waals surface area contributed by atoms with Crippen molar-refractivity contribution in [2.45, 2.75) is 25.7 Å². The van der Waals surface area contributed by atoms with Crippen LogP contribution in [0.4, 0.5) is 10.2 Å². The molecule has 3 aromatic heterocycles. The van der Waals surface area contributed by atoms with E-state index in [-0.39, 0.29) is 11.8 Å². The van der Waals surface area contributed by atoms with Crippen molar-refractivity contribution in [1.29, 1.82) is 0 Å². The predicted molar refractivity (Wildman–Crippen MR) is 126 cm³/mol. The largest absolute Gasteiger partial charge is 0.481 e. The minimum Gasteiger partial charge on any atom is -0.481 e. The number of aliphatic imine (C=N–C) groups is 1. The Morgan fingerprint density at radius 3 is 2.65 bits per heavy atom. The van der Waals surface area contributed by atoms with Gasteiger partial charge in [0.2, 0.25) is 0 Å². The number of pyridine rings is 1. The Balaban J connectivity index is 1.53. The summed E-state index contributed by atoms with van der Waals surface area (Å²) in [5.74, 6) is -0.754. The molecule has 34 heavy (non-hydrogen) atoms. The Hall–Kier alpha value is -3.94. The number of fused-ring (bicyclic) bond motifs is 4. The quantitative estimate of drug-likeness (QED) is 0.428. The number of halogens is 1. The molecule has 0 unspecified atom stereocenters. The van der Waals surface area contributed by atoms with Gasteiger partial charge in [0.25, 0.3) is 0 Å². The van der Waals surface area contributed by atoms with Crippen LogP contribution in [0.25, 0.3) is 33.7 Å². The van der Waals surface area contributed by atoms with E-state index in [9.17, 15) is 14.3 Å². The number of H-pyrrole nitrogens is 1. The number of nitrogens with one attached hydrogen (secondary N) is 1. The zero-order valence-electron chi connectivity index (χ0n) is 18.3. The zero-order valence-corrected chi connectivity index (χ0v) is 18.3. The van der Waals surface area contributed by atoms with E-state index in [0.29, 0.717) is 39.6 Å². The van der Waals surface area contributed by atoms with Gasteiger partial charge in [-0.25, -0.2) is 24.3 Å². The molecular formula is C26H22FN5O2. The highest BCUT2D eigenvalue weighted by atomic mass is 19.1. The number of hydrogen-bond donors (Lipinski definition) is 2. The highest BCUT2D eigenvalue weighted by Gasteiger charge is 2.44. The van der Waals surface area contributed by atoms with E-state index in [0.717, 1.165) is 37.4 Å². The Morgan fingerprint density at radius 2 is 1.88 bits per heavy atom. The van der Waals surface area contributed by atoms with Crippen molar-refractivity contribution in [3.8, 4) is 22.6 Å². The monoisotopic (exact) mass is 455 g/mol. The van der Waals surface area contributed by atoms with Crippen LogP contribution in [0.1, 0.15) is 25.7 Å². The molecule has 0 aliphatic heterocycles. The van der Waals surface area contributed by atoms with Gasteiger partial charge < -0.3 is 10.1 Å². The molecule has 170 valence electrons. The SMILES string of the molecule is O=C(O)[C@@H]1C(=Nc2cc(-c3ccccc3)nc(-c3c[nH]c4ncc(F)cc34)n2)C2CCC1CC2. The molecule has 0 radical (unpaired) electrons. The van der Waals surface area contributed by atoms with E-state index >= 15 is 0 Å². The Labute approximate surface area is 194 Å². The molecule has 3 saturated carbocycles. The first-order valence-electron chi connectivity index (χ1n) is 11.5. The van der Waals surface area contributed by atoms with Gasteiger partial charge in [0, 0.05) is 34.5 Å². The van der Waals surface area contributed by atoms with E-state index in [1.165, 1.54) is 6.07 Å². The van der Waals surface area contributed by atoms with Crippen molar-refractivity contribution >= 4 is 28.5 Å². The van der Waals surface area contributed by atoms with Gasteiger partial charge >= 0.3 is 5.97 Å². The van der Waals surface area contributed by atoms with Crippen molar-refractivity contribution in [3.05, 3.63) is 60.7 Å². The molecule has 3 aliphatic carbocycles. The summed E-state index contributed by atoms with van der Waals surface area (Å²) >= 11 is 0. The minimum absolute atomic E-state index is 0.124. The van der Waals surface area contributed by atoms with Gasteiger partial charge in [0.1, 0.15) is 11.5 Å². The predicted octanol–water partition coefficient (Wildman–Crippen LogP) is 5.42. The lowest BCUT2D eigenvalue weighted by atomic mass is 9.63. The number of nitrogens with zero attached hydrogens (tertiary/aromatic N) is 4. The lowest BCUT2D eigenvalue weighted by Crippen LogP contribution is -2.44. The van der Waals surface area contributed by atoms with E-state index in [1.54, 1.807) is 12.3 Å². The van der Waals surface area contributed by atoms with Gasteiger partial charge in [-0.3, -0.25) is 4.79 Å².